The summed E-state index contributed by atoms with van der Waals surface area (Å²) in [6.45, 7) is 4.04. The van der Waals surface area contributed by atoms with Gasteiger partial charge < -0.3 is 9.64 Å². The van der Waals surface area contributed by atoms with Crippen molar-refractivity contribution in [3.8, 4) is 0 Å². The number of piperidine rings is 1. The number of ketones is 1. The summed E-state index contributed by atoms with van der Waals surface area (Å²) >= 11 is 0. The summed E-state index contributed by atoms with van der Waals surface area (Å²) in [5, 5.41) is 0. The summed E-state index contributed by atoms with van der Waals surface area (Å²) in [6, 6.07) is 10.1. The van der Waals surface area contributed by atoms with E-state index >= 15 is 0 Å². The lowest BCUT2D eigenvalue weighted by Crippen LogP contribution is -3.14. The number of esters is 1. The standard InChI is InChI=1S/C15H19NO3/c1-11-8-16(9-12-6-4-3-5-7-12)10-13(14(11)17)15(18)19-2/h3-7,11,13H,8-10H2,1-2H3/p+1/t11-,13+/m1/s1. The van der Waals surface area contributed by atoms with Crippen molar-refractivity contribution in [2.24, 2.45) is 11.8 Å². The van der Waals surface area contributed by atoms with Gasteiger partial charge in [0.05, 0.1) is 26.1 Å². The molecule has 102 valence electrons. The van der Waals surface area contributed by atoms with Crippen molar-refractivity contribution in [2.45, 2.75) is 13.5 Å². The van der Waals surface area contributed by atoms with E-state index in [2.05, 4.69) is 12.1 Å². The van der Waals surface area contributed by atoms with Crippen LogP contribution in [0.25, 0.3) is 0 Å². The second-order valence-electron chi connectivity index (χ2n) is 5.20. The van der Waals surface area contributed by atoms with Crippen LogP contribution in [0.3, 0.4) is 0 Å². The van der Waals surface area contributed by atoms with Crippen LogP contribution < -0.4 is 4.90 Å². The first-order valence-corrected chi connectivity index (χ1v) is 6.61. The number of methoxy groups -OCH3 is 1. The van der Waals surface area contributed by atoms with Crippen molar-refractivity contribution < 1.29 is 19.2 Å². The fourth-order valence-electron chi connectivity index (χ4n) is 2.72. The molecular weight excluding hydrogens is 242 g/mol. The van der Waals surface area contributed by atoms with Crippen molar-refractivity contribution in [3.63, 3.8) is 0 Å². The predicted octanol–water partition coefficient (Wildman–Crippen LogP) is 0.0795. The highest BCUT2D eigenvalue weighted by molar-refractivity contribution is 6.00. The van der Waals surface area contributed by atoms with E-state index in [1.165, 1.54) is 17.6 Å². The van der Waals surface area contributed by atoms with E-state index in [0.29, 0.717) is 6.54 Å². The van der Waals surface area contributed by atoms with E-state index < -0.39 is 11.9 Å². The number of nitrogens with one attached hydrogen (secondary N) is 1. The summed E-state index contributed by atoms with van der Waals surface area (Å²) < 4.78 is 4.73. The number of benzene rings is 1. The molecule has 2 rings (SSSR count). The van der Waals surface area contributed by atoms with E-state index in [4.69, 9.17) is 4.74 Å². The molecular formula is C15H20NO3+. The van der Waals surface area contributed by atoms with Crippen LogP contribution in [-0.2, 0) is 20.9 Å². The van der Waals surface area contributed by atoms with Gasteiger partial charge in [-0.2, -0.15) is 0 Å². The molecule has 0 bridgehead atoms. The minimum Gasteiger partial charge on any atom is -0.468 e. The van der Waals surface area contributed by atoms with Crippen molar-refractivity contribution in [3.05, 3.63) is 35.9 Å². The van der Waals surface area contributed by atoms with Crippen LogP contribution in [0.1, 0.15) is 12.5 Å². The molecule has 0 spiro atoms. The Morgan fingerprint density at radius 2 is 2.00 bits per heavy atom. The topological polar surface area (TPSA) is 47.8 Å². The first kappa shape index (κ1) is 13.7. The predicted molar refractivity (Wildman–Crippen MR) is 70.5 cm³/mol. The number of carbonyl (C=O) groups is 2. The average molecular weight is 262 g/mol. The lowest BCUT2D eigenvalue weighted by atomic mass is 9.88. The molecule has 0 aliphatic carbocycles. The smallest absolute Gasteiger partial charge is 0.322 e. The van der Waals surface area contributed by atoms with Gasteiger partial charge in [0.1, 0.15) is 6.54 Å². The third-order valence-corrected chi connectivity index (χ3v) is 3.70. The van der Waals surface area contributed by atoms with Crippen molar-refractivity contribution in [1.82, 2.24) is 0 Å². The van der Waals surface area contributed by atoms with Crippen LogP contribution in [0.5, 0.6) is 0 Å². The van der Waals surface area contributed by atoms with E-state index in [1.807, 2.05) is 25.1 Å². The Hall–Kier alpha value is -1.68. The van der Waals surface area contributed by atoms with Gasteiger partial charge in [0.25, 0.3) is 0 Å². The molecule has 0 amide bonds. The third-order valence-electron chi connectivity index (χ3n) is 3.70. The van der Waals surface area contributed by atoms with E-state index in [-0.39, 0.29) is 11.7 Å². The monoisotopic (exact) mass is 262 g/mol. The van der Waals surface area contributed by atoms with Crippen molar-refractivity contribution in [1.29, 1.82) is 0 Å². The molecule has 0 saturated carbocycles. The first-order valence-electron chi connectivity index (χ1n) is 6.61. The van der Waals surface area contributed by atoms with Gasteiger partial charge in [-0.3, -0.25) is 9.59 Å². The SMILES string of the molecule is COC(=O)[C@H]1C[NH+](Cc2ccccc2)C[C@@H](C)C1=O. The molecule has 1 aromatic rings. The van der Waals surface area contributed by atoms with Gasteiger partial charge in [-0.25, -0.2) is 0 Å². The first-order chi connectivity index (χ1) is 9.11. The lowest BCUT2D eigenvalue weighted by Gasteiger charge is -2.31. The van der Waals surface area contributed by atoms with Gasteiger partial charge in [-0.15, -0.1) is 0 Å². The van der Waals surface area contributed by atoms with E-state index in [9.17, 15) is 9.59 Å². The third kappa shape index (κ3) is 3.20. The highest BCUT2D eigenvalue weighted by Gasteiger charge is 2.40. The maximum atomic E-state index is 12.0. The molecule has 1 N–H and O–H groups in total. The lowest BCUT2D eigenvalue weighted by molar-refractivity contribution is -0.920. The normalized spacial score (nSPS) is 27.1. The molecule has 0 aromatic heterocycles. The Labute approximate surface area is 113 Å². The van der Waals surface area contributed by atoms with Gasteiger partial charge in [0.2, 0.25) is 0 Å². The number of hydrogen-bond acceptors (Lipinski definition) is 3. The molecule has 4 nitrogen and oxygen atoms in total. The second-order valence-corrected chi connectivity index (χ2v) is 5.20. The molecule has 1 heterocycles. The zero-order valence-corrected chi connectivity index (χ0v) is 11.4. The largest absolute Gasteiger partial charge is 0.468 e. The number of ether oxygens (including phenoxy) is 1. The van der Waals surface area contributed by atoms with E-state index in [1.54, 1.807) is 0 Å². The number of rotatable bonds is 3. The Bertz CT molecular complexity index is 458. The molecule has 19 heavy (non-hydrogen) atoms. The fraction of sp³-hybridized carbons (Fsp3) is 0.467. The van der Waals surface area contributed by atoms with Crippen molar-refractivity contribution in [2.75, 3.05) is 20.2 Å². The zero-order valence-electron chi connectivity index (χ0n) is 11.4. The molecule has 4 heteroatoms. The van der Waals surface area contributed by atoms with Crippen LogP contribution in [0.15, 0.2) is 30.3 Å². The molecule has 1 fully saturated rings. The van der Waals surface area contributed by atoms with Crippen LogP contribution in [0.2, 0.25) is 0 Å². The summed E-state index contributed by atoms with van der Waals surface area (Å²) in [5.74, 6) is -1.07. The number of likely N-dealkylation sites (tertiary alicyclic amines) is 1. The molecule has 1 aliphatic heterocycles. The molecule has 0 radical (unpaired) electrons. The van der Waals surface area contributed by atoms with Gasteiger partial charge in [-0.05, 0) is 0 Å². The maximum absolute atomic E-state index is 12.0. The van der Waals surface area contributed by atoms with Gasteiger partial charge >= 0.3 is 5.97 Å². The van der Waals surface area contributed by atoms with Crippen molar-refractivity contribution >= 4 is 11.8 Å². The average Bonchev–Trinajstić information content (AvgIpc) is 2.43. The fourth-order valence-corrected chi connectivity index (χ4v) is 2.72. The number of quaternary nitrogens is 1. The van der Waals surface area contributed by atoms with Crippen LogP contribution in [-0.4, -0.2) is 32.0 Å². The Morgan fingerprint density at radius 3 is 2.63 bits per heavy atom. The van der Waals surface area contributed by atoms with E-state index in [0.717, 1.165) is 13.1 Å². The van der Waals surface area contributed by atoms with Crippen LogP contribution in [0, 0.1) is 11.8 Å². The van der Waals surface area contributed by atoms with Gasteiger partial charge in [0, 0.05) is 5.56 Å². The van der Waals surface area contributed by atoms with Gasteiger partial charge in [-0.1, -0.05) is 37.3 Å². The number of hydrogen-bond donors (Lipinski definition) is 1. The Balaban J connectivity index is 2.07. The molecule has 1 aromatic carbocycles. The number of Topliss-reactive ketones (excluding diaryl/α,β-unsaturated/α-hetero) is 1. The molecule has 1 saturated heterocycles. The number of carbonyl (C=O) groups excluding carboxylic acids is 2. The zero-order chi connectivity index (χ0) is 13.8. The minimum absolute atomic E-state index is 0.0173. The second kappa shape index (κ2) is 5.97. The van der Waals surface area contributed by atoms with Gasteiger partial charge in [0.15, 0.2) is 11.7 Å². The molecule has 1 unspecified atom stereocenters. The summed E-state index contributed by atoms with van der Waals surface area (Å²) in [7, 11) is 1.34. The maximum Gasteiger partial charge on any atom is 0.322 e. The van der Waals surface area contributed by atoms with Crippen LogP contribution in [0.4, 0.5) is 0 Å². The highest BCUT2D eigenvalue weighted by atomic mass is 16.5. The Morgan fingerprint density at radius 1 is 1.32 bits per heavy atom. The molecule has 1 aliphatic rings. The highest BCUT2D eigenvalue weighted by Crippen LogP contribution is 2.11. The summed E-state index contributed by atoms with van der Waals surface area (Å²) in [5.41, 5.74) is 1.22. The summed E-state index contributed by atoms with van der Waals surface area (Å²) in [6.07, 6.45) is 0. The molecule has 3 atom stereocenters. The van der Waals surface area contributed by atoms with Crippen LogP contribution >= 0.6 is 0 Å². The quantitative estimate of drug-likeness (QED) is 0.620. The summed E-state index contributed by atoms with van der Waals surface area (Å²) in [4.78, 5) is 24.9. The Kier molecular flexibility index (Phi) is 4.32. The minimum atomic E-state index is -0.604.